The highest BCUT2D eigenvalue weighted by molar-refractivity contribution is 5.76. The Kier molecular flexibility index (Phi) is 6.78. The van der Waals surface area contributed by atoms with Crippen LogP contribution in [0.4, 0.5) is 30.6 Å². The van der Waals surface area contributed by atoms with Crippen LogP contribution in [0.5, 0.6) is 0 Å². The number of likely N-dealkylation sites (tertiary alicyclic amines) is 1. The molecule has 0 aliphatic carbocycles. The maximum absolute atomic E-state index is 13.5. The fourth-order valence-electron chi connectivity index (χ4n) is 4.06. The van der Waals surface area contributed by atoms with Gasteiger partial charge in [0.1, 0.15) is 11.4 Å². The number of fused-ring (bicyclic) bond motifs is 1. The molecule has 1 aromatic carbocycles. The molecule has 32 heavy (non-hydrogen) atoms. The van der Waals surface area contributed by atoms with Crippen molar-refractivity contribution in [2.24, 2.45) is 0 Å². The minimum atomic E-state index is -4.60. The Morgan fingerprint density at radius 3 is 2.75 bits per heavy atom. The number of hydrogen-bond acceptors (Lipinski definition) is 6. The van der Waals surface area contributed by atoms with Crippen molar-refractivity contribution >= 4 is 23.4 Å². The van der Waals surface area contributed by atoms with Gasteiger partial charge in [-0.25, -0.2) is 4.98 Å². The second-order valence-electron chi connectivity index (χ2n) is 8.11. The Hall–Kier alpha value is -2.88. The number of piperidine rings is 1. The number of anilines is 3. The second kappa shape index (κ2) is 9.72. The molecule has 0 atom stereocenters. The van der Waals surface area contributed by atoms with Crippen molar-refractivity contribution in [2.45, 2.75) is 44.8 Å². The van der Waals surface area contributed by atoms with Gasteiger partial charge in [0, 0.05) is 44.5 Å². The van der Waals surface area contributed by atoms with Gasteiger partial charge in [-0.1, -0.05) is 6.07 Å². The van der Waals surface area contributed by atoms with E-state index in [0.29, 0.717) is 13.1 Å². The minimum Gasteiger partial charge on any atom is -0.369 e. The fourth-order valence-corrected chi connectivity index (χ4v) is 4.06. The van der Waals surface area contributed by atoms with E-state index in [1.807, 2.05) is 18.2 Å². The molecule has 2 aromatic rings. The molecule has 7 nitrogen and oxygen atoms in total. The van der Waals surface area contributed by atoms with Crippen LogP contribution >= 0.6 is 0 Å². The number of benzene rings is 1. The number of rotatable bonds is 6. The van der Waals surface area contributed by atoms with Crippen LogP contribution < -0.4 is 16.0 Å². The molecule has 0 radical (unpaired) electrons. The van der Waals surface area contributed by atoms with Crippen LogP contribution in [0.3, 0.4) is 0 Å². The molecule has 0 unspecified atom stereocenters. The van der Waals surface area contributed by atoms with Gasteiger partial charge in [0.25, 0.3) is 0 Å². The molecular weight excluding hydrogens is 421 g/mol. The number of alkyl halides is 3. The van der Waals surface area contributed by atoms with E-state index in [9.17, 15) is 18.0 Å². The summed E-state index contributed by atoms with van der Waals surface area (Å²) in [6.45, 7) is 3.19. The molecule has 0 saturated carbocycles. The lowest BCUT2D eigenvalue weighted by molar-refractivity contribution is -0.137. The molecule has 0 spiro atoms. The summed E-state index contributed by atoms with van der Waals surface area (Å²) in [6.07, 6.45) is 0.215. The molecular formula is C22H27F3N6O. The minimum absolute atomic E-state index is 0.0540. The van der Waals surface area contributed by atoms with E-state index in [0.717, 1.165) is 50.7 Å². The summed E-state index contributed by atoms with van der Waals surface area (Å²) >= 11 is 0. The lowest BCUT2D eigenvalue weighted by atomic mass is 10.0. The number of carbonyl (C=O) groups excluding carboxylic acids is 1. The Morgan fingerprint density at radius 2 is 1.97 bits per heavy atom. The predicted molar refractivity (Wildman–Crippen MR) is 116 cm³/mol. The molecule has 10 heteroatoms. The topological polar surface area (TPSA) is 82.2 Å². The third-order valence-corrected chi connectivity index (χ3v) is 5.78. The van der Waals surface area contributed by atoms with Gasteiger partial charge < -0.3 is 20.9 Å². The lowest BCUT2D eigenvalue weighted by Crippen LogP contribution is -2.36. The average Bonchev–Trinajstić information content (AvgIpc) is 2.79. The van der Waals surface area contributed by atoms with Crippen LogP contribution in [0.1, 0.15) is 42.4 Å². The third kappa shape index (κ3) is 5.48. The van der Waals surface area contributed by atoms with E-state index in [-0.39, 0.29) is 30.6 Å². The summed E-state index contributed by atoms with van der Waals surface area (Å²) in [4.78, 5) is 22.0. The molecule has 1 aromatic heterocycles. The van der Waals surface area contributed by atoms with E-state index in [1.54, 1.807) is 4.90 Å². The van der Waals surface area contributed by atoms with E-state index in [4.69, 9.17) is 0 Å². The molecule has 4 rings (SSSR count). The first-order chi connectivity index (χ1) is 15.4. The van der Waals surface area contributed by atoms with Crippen molar-refractivity contribution in [1.82, 2.24) is 20.2 Å². The maximum Gasteiger partial charge on any atom is 0.421 e. The van der Waals surface area contributed by atoms with Crippen LogP contribution in [-0.4, -0.2) is 47.0 Å². The zero-order valence-electron chi connectivity index (χ0n) is 17.8. The number of nitrogens with one attached hydrogen (secondary N) is 3. The fraction of sp³-hybridized carbons (Fsp3) is 0.500. The van der Waals surface area contributed by atoms with Crippen molar-refractivity contribution < 1.29 is 18.0 Å². The van der Waals surface area contributed by atoms with Gasteiger partial charge in [-0.2, -0.15) is 18.2 Å². The molecule has 172 valence electrons. The van der Waals surface area contributed by atoms with Crippen molar-refractivity contribution in [3.05, 3.63) is 41.1 Å². The van der Waals surface area contributed by atoms with Crippen LogP contribution in [0.15, 0.2) is 24.4 Å². The number of halogens is 3. The highest BCUT2D eigenvalue weighted by Crippen LogP contribution is 2.34. The van der Waals surface area contributed by atoms with Crippen molar-refractivity contribution in [3.63, 3.8) is 0 Å². The molecule has 3 heterocycles. The first-order valence-electron chi connectivity index (χ1n) is 11.0. The van der Waals surface area contributed by atoms with Gasteiger partial charge in [-0.15, -0.1) is 0 Å². The third-order valence-electron chi connectivity index (χ3n) is 5.78. The molecule has 2 aliphatic heterocycles. The van der Waals surface area contributed by atoms with Crippen LogP contribution in [0, 0.1) is 0 Å². The Morgan fingerprint density at radius 1 is 1.16 bits per heavy atom. The van der Waals surface area contributed by atoms with Gasteiger partial charge in [0.05, 0.1) is 0 Å². The smallest absolute Gasteiger partial charge is 0.369 e. The van der Waals surface area contributed by atoms with Crippen molar-refractivity contribution in [2.75, 3.05) is 36.8 Å². The molecule has 0 bridgehead atoms. The first kappa shape index (κ1) is 22.3. The lowest BCUT2D eigenvalue weighted by Gasteiger charge is -2.26. The summed E-state index contributed by atoms with van der Waals surface area (Å²) in [7, 11) is 0. The van der Waals surface area contributed by atoms with Crippen molar-refractivity contribution in [1.29, 1.82) is 0 Å². The monoisotopic (exact) mass is 448 g/mol. The van der Waals surface area contributed by atoms with Gasteiger partial charge in [0.15, 0.2) is 0 Å². The second-order valence-corrected chi connectivity index (χ2v) is 8.11. The SMILES string of the molecule is O=C(CCNc1nc(Nc2ccc3c(c2)CCNC3)ncc1C(F)(F)F)N1CCCCC1. The van der Waals surface area contributed by atoms with Gasteiger partial charge in [-0.3, -0.25) is 4.79 Å². The normalized spacial score (nSPS) is 16.4. The zero-order chi connectivity index (χ0) is 22.6. The Balaban J connectivity index is 1.45. The summed E-state index contributed by atoms with van der Waals surface area (Å²) < 4.78 is 40.4. The highest BCUT2D eigenvalue weighted by atomic mass is 19.4. The summed E-state index contributed by atoms with van der Waals surface area (Å²) in [5, 5.41) is 9.00. The molecule has 1 fully saturated rings. The van der Waals surface area contributed by atoms with Gasteiger partial charge in [0.2, 0.25) is 11.9 Å². The summed E-state index contributed by atoms with van der Waals surface area (Å²) in [5.74, 6) is -0.318. The number of aromatic nitrogens is 2. The van der Waals surface area contributed by atoms with E-state index >= 15 is 0 Å². The van der Waals surface area contributed by atoms with Crippen molar-refractivity contribution in [3.8, 4) is 0 Å². The maximum atomic E-state index is 13.5. The largest absolute Gasteiger partial charge is 0.421 e. The van der Waals surface area contributed by atoms with E-state index in [1.165, 1.54) is 11.1 Å². The average molecular weight is 448 g/mol. The van der Waals surface area contributed by atoms with Gasteiger partial charge >= 0.3 is 6.18 Å². The van der Waals surface area contributed by atoms with Gasteiger partial charge in [-0.05, 0) is 55.5 Å². The van der Waals surface area contributed by atoms with Crippen LogP contribution in [-0.2, 0) is 23.9 Å². The standard InChI is InChI=1S/C22H27F3N6O/c23-22(24,25)18-14-28-21(29-17-5-4-16-13-26-8-6-15(16)12-17)30-20(18)27-9-7-19(32)31-10-2-1-3-11-31/h4-5,12,14,26H,1-3,6-11,13H2,(H2,27,28,29,30). The zero-order valence-corrected chi connectivity index (χ0v) is 17.8. The molecule has 3 N–H and O–H groups in total. The number of hydrogen-bond donors (Lipinski definition) is 3. The quantitative estimate of drug-likeness (QED) is 0.625. The molecule has 2 aliphatic rings. The van der Waals surface area contributed by atoms with E-state index < -0.39 is 11.7 Å². The summed E-state index contributed by atoms with van der Waals surface area (Å²) in [6, 6.07) is 5.82. The molecule has 1 amide bonds. The Bertz CT molecular complexity index is 959. The number of amides is 1. The van der Waals surface area contributed by atoms with Crippen LogP contribution in [0.25, 0.3) is 0 Å². The first-order valence-corrected chi connectivity index (χ1v) is 11.0. The summed E-state index contributed by atoms with van der Waals surface area (Å²) in [5.41, 5.74) is 2.16. The Labute approximate surface area is 184 Å². The number of nitrogens with zero attached hydrogens (tertiary/aromatic N) is 3. The highest BCUT2D eigenvalue weighted by Gasteiger charge is 2.35. The van der Waals surface area contributed by atoms with E-state index in [2.05, 4.69) is 25.9 Å². The molecule has 1 saturated heterocycles. The number of carbonyl (C=O) groups is 1. The predicted octanol–water partition coefficient (Wildman–Crippen LogP) is 3.70. The van der Waals surface area contributed by atoms with Crippen LogP contribution in [0.2, 0.25) is 0 Å².